The Morgan fingerprint density at radius 1 is 1.00 bits per heavy atom. The summed E-state index contributed by atoms with van der Waals surface area (Å²) in [7, 11) is -4.49. The minimum Gasteiger partial charge on any atom is -0.404 e. The number of hydrogen-bond acceptors (Lipinski definition) is 2. The van der Waals surface area contributed by atoms with Crippen molar-refractivity contribution in [3.8, 4) is 5.75 Å². The first-order chi connectivity index (χ1) is 7.06. The van der Waals surface area contributed by atoms with Gasteiger partial charge in [0.15, 0.2) is 0 Å². The maximum absolute atomic E-state index is 10.7. The number of fused-ring (bicyclic) bond motifs is 1. The van der Waals surface area contributed by atoms with E-state index in [-0.39, 0.29) is 35.3 Å². The number of rotatable bonds is 2. The fourth-order valence-electron chi connectivity index (χ4n) is 1.40. The fraction of sp³-hybridized carbons (Fsp3) is 0. The Labute approximate surface area is 115 Å². The average Bonchev–Trinajstić information content (AvgIpc) is 2.16. The third kappa shape index (κ3) is 3.32. The molecule has 4 nitrogen and oxygen atoms in total. The molecular weight excluding hydrogens is 238 g/mol. The molecular formula is C10H9NaO4P. The number of phosphoric ester groups is 1. The van der Waals surface area contributed by atoms with Gasteiger partial charge in [-0.2, -0.15) is 0 Å². The van der Waals surface area contributed by atoms with Crippen molar-refractivity contribution in [2.75, 3.05) is 0 Å². The quantitative estimate of drug-likeness (QED) is 0.628. The fourth-order valence-corrected chi connectivity index (χ4v) is 1.82. The zero-order chi connectivity index (χ0) is 10.9. The maximum atomic E-state index is 10.7. The first kappa shape index (κ1) is 13.7. The molecule has 0 saturated carbocycles. The molecule has 0 fully saturated rings. The van der Waals surface area contributed by atoms with Gasteiger partial charge in [-0.15, -0.1) is 0 Å². The van der Waals surface area contributed by atoms with Gasteiger partial charge in [0.2, 0.25) is 0 Å². The predicted octanol–water partition coefficient (Wildman–Crippen LogP) is 1.93. The summed E-state index contributed by atoms with van der Waals surface area (Å²) in [5.74, 6) is 0.196. The summed E-state index contributed by atoms with van der Waals surface area (Å²) in [6, 6.07) is 12.3. The summed E-state index contributed by atoms with van der Waals surface area (Å²) in [5, 5.41) is 1.56. The van der Waals surface area contributed by atoms with Crippen molar-refractivity contribution in [2.45, 2.75) is 0 Å². The van der Waals surface area contributed by atoms with Crippen molar-refractivity contribution in [3.63, 3.8) is 0 Å². The molecule has 2 aromatic rings. The van der Waals surface area contributed by atoms with Crippen LogP contribution in [-0.4, -0.2) is 39.3 Å². The smallest absolute Gasteiger partial charge is 0.404 e. The van der Waals surface area contributed by atoms with Crippen molar-refractivity contribution in [3.05, 3.63) is 42.5 Å². The van der Waals surface area contributed by atoms with Crippen LogP contribution in [0.15, 0.2) is 42.5 Å². The van der Waals surface area contributed by atoms with Gasteiger partial charge in [-0.3, -0.25) is 9.79 Å². The number of benzene rings is 2. The van der Waals surface area contributed by atoms with Gasteiger partial charge in [0, 0.05) is 34.9 Å². The van der Waals surface area contributed by atoms with Crippen molar-refractivity contribution in [1.82, 2.24) is 0 Å². The van der Waals surface area contributed by atoms with Gasteiger partial charge in [-0.25, -0.2) is 4.57 Å². The standard InChI is InChI=1S/C10H9O4P.Na/c11-15(12,13)14-10-7-3-5-8-4-1-2-6-9(8)10;/h1-7H,(H2,11,12,13);. The van der Waals surface area contributed by atoms with Gasteiger partial charge in [0.05, 0.1) is 0 Å². The van der Waals surface area contributed by atoms with E-state index in [2.05, 4.69) is 4.52 Å². The molecule has 0 aliphatic rings. The normalized spacial score (nSPS) is 10.9. The molecule has 0 saturated heterocycles. The van der Waals surface area contributed by atoms with Crippen LogP contribution in [0.4, 0.5) is 0 Å². The molecule has 0 amide bonds. The molecule has 6 heteroatoms. The van der Waals surface area contributed by atoms with Crippen LogP contribution in [0.1, 0.15) is 0 Å². The van der Waals surface area contributed by atoms with E-state index < -0.39 is 7.82 Å². The molecule has 79 valence electrons. The molecule has 1 radical (unpaired) electrons. The molecule has 2 aromatic carbocycles. The summed E-state index contributed by atoms with van der Waals surface area (Å²) >= 11 is 0. The predicted molar refractivity (Wildman–Crippen MR) is 62.4 cm³/mol. The maximum Gasteiger partial charge on any atom is 0.524 e. The molecule has 0 heterocycles. The Bertz CT molecular complexity index is 532. The minimum absolute atomic E-state index is 0. The van der Waals surface area contributed by atoms with Crippen molar-refractivity contribution in [1.29, 1.82) is 0 Å². The number of phosphoric acid groups is 1. The van der Waals surface area contributed by atoms with Crippen LogP contribution in [-0.2, 0) is 4.57 Å². The Hall–Kier alpha value is -0.350. The van der Waals surface area contributed by atoms with Crippen LogP contribution >= 0.6 is 7.82 Å². The summed E-state index contributed by atoms with van der Waals surface area (Å²) in [5.41, 5.74) is 0. The van der Waals surface area contributed by atoms with E-state index in [1.165, 1.54) is 6.07 Å². The summed E-state index contributed by atoms with van der Waals surface area (Å²) in [6.07, 6.45) is 0. The minimum atomic E-state index is -4.49. The van der Waals surface area contributed by atoms with E-state index in [1.54, 1.807) is 18.2 Å². The molecule has 0 aromatic heterocycles. The van der Waals surface area contributed by atoms with Gasteiger partial charge in [0.25, 0.3) is 0 Å². The molecule has 0 spiro atoms. The van der Waals surface area contributed by atoms with E-state index in [9.17, 15) is 4.57 Å². The van der Waals surface area contributed by atoms with Crippen molar-refractivity contribution >= 4 is 48.2 Å². The van der Waals surface area contributed by atoms with Gasteiger partial charge in [-0.1, -0.05) is 36.4 Å². The van der Waals surface area contributed by atoms with Crippen molar-refractivity contribution < 1.29 is 18.9 Å². The van der Waals surface area contributed by atoms with Gasteiger partial charge in [0.1, 0.15) is 5.75 Å². The molecule has 0 bridgehead atoms. The molecule has 0 aliphatic heterocycles. The Morgan fingerprint density at radius 3 is 2.31 bits per heavy atom. The Morgan fingerprint density at radius 2 is 1.62 bits per heavy atom. The third-order valence-electron chi connectivity index (χ3n) is 1.97. The first-order valence-corrected chi connectivity index (χ1v) is 5.82. The zero-order valence-corrected chi connectivity index (χ0v) is 11.6. The first-order valence-electron chi connectivity index (χ1n) is 4.29. The van der Waals surface area contributed by atoms with Crippen LogP contribution in [0.5, 0.6) is 5.75 Å². The summed E-state index contributed by atoms with van der Waals surface area (Å²) < 4.78 is 15.3. The van der Waals surface area contributed by atoms with Gasteiger partial charge < -0.3 is 4.52 Å². The average molecular weight is 247 g/mol. The Balaban J connectivity index is 0.00000128. The zero-order valence-electron chi connectivity index (χ0n) is 8.70. The van der Waals surface area contributed by atoms with E-state index >= 15 is 0 Å². The molecule has 0 atom stereocenters. The monoisotopic (exact) mass is 247 g/mol. The third-order valence-corrected chi connectivity index (χ3v) is 2.40. The van der Waals surface area contributed by atoms with Crippen LogP contribution < -0.4 is 4.52 Å². The summed E-state index contributed by atoms with van der Waals surface area (Å²) in [6.45, 7) is 0. The van der Waals surface area contributed by atoms with E-state index in [0.29, 0.717) is 5.39 Å². The van der Waals surface area contributed by atoms with E-state index in [0.717, 1.165) is 5.39 Å². The number of hydrogen-bond donors (Lipinski definition) is 2. The van der Waals surface area contributed by atoms with Crippen molar-refractivity contribution in [2.24, 2.45) is 0 Å². The SMILES string of the molecule is O=P(O)(O)Oc1cccc2ccccc12.[Na]. The largest absolute Gasteiger partial charge is 0.524 e. The second-order valence-electron chi connectivity index (χ2n) is 3.06. The second-order valence-corrected chi connectivity index (χ2v) is 4.22. The van der Waals surface area contributed by atoms with Crippen LogP contribution in [0, 0.1) is 0 Å². The van der Waals surface area contributed by atoms with E-state index in [4.69, 9.17) is 9.79 Å². The van der Waals surface area contributed by atoms with E-state index in [1.807, 2.05) is 18.2 Å². The topological polar surface area (TPSA) is 66.8 Å². The summed E-state index contributed by atoms with van der Waals surface area (Å²) in [4.78, 5) is 17.4. The molecule has 0 unspecified atom stereocenters. The molecule has 2 N–H and O–H groups in total. The molecule has 0 aliphatic carbocycles. The van der Waals surface area contributed by atoms with Crippen LogP contribution in [0.2, 0.25) is 0 Å². The van der Waals surface area contributed by atoms with Crippen LogP contribution in [0.25, 0.3) is 10.8 Å². The van der Waals surface area contributed by atoms with Gasteiger partial charge >= 0.3 is 7.82 Å². The second kappa shape index (κ2) is 5.32. The van der Waals surface area contributed by atoms with Gasteiger partial charge in [-0.05, 0) is 11.5 Å². The Kier molecular flexibility index (Phi) is 4.56. The van der Waals surface area contributed by atoms with Crippen LogP contribution in [0.3, 0.4) is 0 Å². The molecule has 2 rings (SSSR count). The molecule has 16 heavy (non-hydrogen) atoms.